The number of nitrogens with zero attached hydrogens (tertiary/aromatic N) is 3. The van der Waals surface area contributed by atoms with E-state index in [1.54, 1.807) is 11.3 Å². The van der Waals surface area contributed by atoms with E-state index in [1.807, 2.05) is 12.1 Å². The van der Waals surface area contributed by atoms with Crippen LogP contribution >= 0.6 is 22.9 Å². The number of benzene rings is 1. The number of rotatable bonds is 2. The molecule has 1 unspecified atom stereocenters. The van der Waals surface area contributed by atoms with Crippen molar-refractivity contribution in [2.75, 3.05) is 13.1 Å². The van der Waals surface area contributed by atoms with Gasteiger partial charge in [-0.1, -0.05) is 17.7 Å². The standard InChI is InChI=1S/C21H24ClN3OS/c1-14(2)24-9-7-21(8-10-24)25-18(13-17(23-25)20-4-3-11-27-20)16-12-15(22)5-6-19(16)26-21/h3-6,11-12,14,18H,7-10,13H2,1-2H3. The molecule has 4 nitrogen and oxygen atoms in total. The average molecular weight is 402 g/mol. The van der Waals surface area contributed by atoms with Crippen LogP contribution in [0.25, 0.3) is 0 Å². The van der Waals surface area contributed by atoms with E-state index in [4.69, 9.17) is 21.4 Å². The summed E-state index contributed by atoms with van der Waals surface area (Å²) in [6, 6.07) is 11.1. The van der Waals surface area contributed by atoms with Crippen molar-refractivity contribution in [3.05, 3.63) is 51.2 Å². The number of hydrazone groups is 1. The second-order valence-corrected chi connectivity index (χ2v) is 9.33. The van der Waals surface area contributed by atoms with Gasteiger partial charge in [-0.2, -0.15) is 5.10 Å². The number of ether oxygens (including phenoxy) is 1. The second kappa shape index (κ2) is 6.50. The van der Waals surface area contributed by atoms with Crippen LogP contribution in [0.1, 0.15) is 49.6 Å². The minimum absolute atomic E-state index is 0.204. The maximum absolute atomic E-state index is 6.66. The van der Waals surface area contributed by atoms with Crippen molar-refractivity contribution in [1.82, 2.24) is 9.91 Å². The van der Waals surface area contributed by atoms with Gasteiger partial charge in [-0.15, -0.1) is 11.3 Å². The van der Waals surface area contributed by atoms with Crippen molar-refractivity contribution >= 4 is 28.6 Å². The lowest BCUT2D eigenvalue weighted by atomic mass is 9.91. The van der Waals surface area contributed by atoms with Crippen molar-refractivity contribution in [2.24, 2.45) is 5.10 Å². The normalized spacial score (nSPS) is 23.9. The van der Waals surface area contributed by atoms with Crippen LogP contribution in [0, 0.1) is 0 Å². The predicted molar refractivity (Wildman–Crippen MR) is 111 cm³/mol. The largest absolute Gasteiger partial charge is 0.466 e. The third-order valence-electron chi connectivity index (χ3n) is 6.07. The molecule has 0 saturated carbocycles. The Labute approximate surface area is 169 Å². The summed E-state index contributed by atoms with van der Waals surface area (Å²) in [6.07, 6.45) is 2.84. The van der Waals surface area contributed by atoms with Crippen LogP contribution in [-0.4, -0.2) is 40.5 Å². The predicted octanol–water partition coefficient (Wildman–Crippen LogP) is 5.15. The summed E-state index contributed by atoms with van der Waals surface area (Å²) in [5.41, 5.74) is 1.97. The van der Waals surface area contributed by atoms with Crippen molar-refractivity contribution in [2.45, 2.75) is 50.9 Å². The highest BCUT2D eigenvalue weighted by molar-refractivity contribution is 7.12. The number of piperidine rings is 1. The van der Waals surface area contributed by atoms with Gasteiger partial charge in [-0.3, -0.25) is 0 Å². The molecule has 0 N–H and O–H groups in total. The van der Waals surface area contributed by atoms with Crippen LogP contribution in [0.2, 0.25) is 5.02 Å². The molecule has 3 aliphatic rings. The molecular formula is C21H24ClN3OS. The highest BCUT2D eigenvalue weighted by Crippen LogP contribution is 2.50. The Balaban J connectivity index is 1.55. The molecular weight excluding hydrogens is 378 g/mol. The fourth-order valence-electron chi connectivity index (χ4n) is 4.56. The van der Waals surface area contributed by atoms with Crippen LogP contribution in [-0.2, 0) is 0 Å². The van der Waals surface area contributed by atoms with Gasteiger partial charge in [0.2, 0.25) is 5.72 Å². The van der Waals surface area contributed by atoms with Crippen LogP contribution in [0.3, 0.4) is 0 Å². The van der Waals surface area contributed by atoms with Crippen LogP contribution < -0.4 is 4.74 Å². The van der Waals surface area contributed by atoms with E-state index in [0.29, 0.717) is 6.04 Å². The zero-order valence-corrected chi connectivity index (χ0v) is 17.3. The summed E-state index contributed by atoms with van der Waals surface area (Å²) >= 11 is 8.08. The molecule has 4 heterocycles. The lowest BCUT2D eigenvalue weighted by Crippen LogP contribution is -2.59. The number of hydrogen-bond acceptors (Lipinski definition) is 5. The van der Waals surface area contributed by atoms with E-state index >= 15 is 0 Å². The summed E-state index contributed by atoms with van der Waals surface area (Å²) in [6.45, 7) is 6.60. The molecule has 142 valence electrons. The summed E-state index contributed by atoms with van der Waals surface area (Å²) in [4.78, 5) is 3.78. The minimum Gasteiger partial charge on any atom is -0.466 e. The Morgan fingerprint density at radius 3 is 2.78 bits per heavy atom. The van der Waals surface area contributed by atoms with Crippen LogP contribution in [0.15, 0.2) is 40.8 Å². The van der Waals surface area contributed by atoms with Gasteiger partial charge in [0.05, 0.1) is 16.6 Å². The van der Waals surface area contributed by atoms with E-state index < -0.39 is 0 Å². The molecule has 3 aliphatic heterocycles. The average Bonchev–Trinajstić information content (AvgIpc) is 3.33. The smallest absolute Gasteiger partial charge is 0.200 e. The van der Waals surface area contributed by atoms with Crippen molar-refractivity contribution in [3.8, 4) is 5.75 Å². The van der Waals surface area contributed by atoms with Crippen molar-refractivity contribution < 1.29 is 4.74 Å². The van der Waals surface area contributed by atoms with Gasteiger partial charge < -0.3 is 9.64 Å². The Kier molecular flexibility index (Phi) is 4.22. The van der Waals surface area contributed by atoms with E-state index in [1.165, 1.54) is 4.88 Å². The molecule has 0 aliphatic carbocycles. The van der Waals surface area contributed by atoms with Gasteiger partial charge in [0.25, 0.3) is 0 Å². The first-order valence-corrected chi connectivity index (χ1v) is 10.9. The first-order valence-electron chi connectivity index (χ1n) is 9.69. The molecule has 27 heavy (non-hydrogen) atoms. The number of halogens is 1. The monoisotopic (exact) mass is 401 g/mol. The van der Waals surface area contributed by atoms with E-state index in [-0.39, 0.29) is 11.8 Å². The van der Waals surface area contributed by atoms with E-state index in [2.05, 4.69) is 47.3 Å². The summed E-state index contributed by atoms with van der Waals surface area (Å²) < 4.78 is 6.66. The van der Waals surface area contributed by atoms with Crippen LogP contribution in [0.4, 0.5) is 0 Å². The lowest BCUT2D eigenvalue weighted by Gasteiger charge is -2.51. The summed E-state index contributed by atoms with van der Waals surface area (Å²) in [5.74, 6) is 0.973. The van der Waals surface area contributed by atoms with Gasteiger partial charge in [0.1, 0.15) is 5.75 Å². The van der Waals surface area contributed by atoms with E-state index in [0.717, 1.165) is 54.4 Å². The highest BCUT2D eigenvalue weighted by Gasteiger charge is 2.52. The molecule has 1 aromatic heterocycles. The topological polar surface area (TPSA) is 28.1 Å². The molecule has 1 fully saturated rings. The first kappa shape index (κ1) is 17.5. The minimum atomic E-state index is -0.351. The van der Waals surface area contributed by atoms with Crippen molar-refractivity contribution in [1.29, 1.82) is 0 Å². The number of hydrogen-bond donors (Lipinski definition) is 0. The zero-order valence-electron chi connectivity index (χ0n) is 15.7. The van der Waals surface area contributed by atoms with Gasteiger partial charge >= 0.3 is 0 Å². The fraction of sp³-hybridized carbons (Fsp3) is 0.476. The molecule has 0 radical (unpaired) electrons. The quantitative estimate of drug-likeness (QED) is 0.696. The third-order valence-corrected chi connectivity index (χ3v) is 7.23. The van der Waals surface area contributed by atoms with Gasteiger partial charge in [-0.05, 0) is 43.5 Å². The van der Waals surface area contributed by atoms with Gasteiger partial charge in [0, 0.05) is 49.0 Å². The molecule has 1 saturated heterocycles. The Morgan fingerprint density at radius 1 is 1.26 bits per heavy atom. The van der Waals surface area contributed by atoms with Gasteiger partial charge in [0.15, 0.2) is 0 Å². The maximum Gasteiger partial charge on any atom is 0.200 e. The number of likely N-dealkylation sites (tertiary alicyclic amines) is 1. The summed E-state index contributed by atoms with van der Waals surface area (Å²) in [5, 5.41) is 10.2. The molecule has 5 rings (SSSR count). The van der Waals surface area contributed by atoms with Crippen LogP contribution in [0.5, 0.6) is 5.75 Å². The zero-order chi connectivity index (χ0) is 18.6. The number of fused-ring (bicyclic) bond motifs is 4. The molecule has 2 aromatic rings. The highest BCUT2D eigenvalue weighted by atomic mass is 35.5. The summed E-state index contributed by atoms with van der Waals surface area (Å²) in [7, 11) is 0. The Morgan fingerprint density at radius 2 is 2.07 bits per heavy atom. The molecule has 1 spiro atoms. The van der Waals surface area contributed by atoms with Gasteiger partial charge in [-0.25, -0.2) is 5.01 Å². The Bertz CT molecular complexity index is 872. The molecule has 0 bridgehead atoms. The first-order chi connectivity index (χ1) is 13.1. The molecule has 6 heteroatoms. The Hall–Kier alpha value is -1.56. The fourth-order valence-corrected chi connectivity index (χ4v) is 5.47. The lowest BCUT2D eigenvalue weighted by molar-refractivity contribution is -0.152. The molecule has 0 amide bonds. The second-order valence-electron chi connectivity index (χ2n) is 7.95. The molecule has 1 aromatic carbocycles. The number of thiophene rings is 1. The van der Waals surface area contributed by atoms with Crippen molar-refractivity contribution in [3.63, 3.8) is 0 Å². The molecule has 1 atom stereocenters. The third kappa shape index (κ3) is 2.87. The maximum atomic E-state index is 6.66. The van der Waals surface area contributed by atoms with E-state index in [9.17, 15) is 0 Å². The SMILES string of the molecule is CC(C)N1CCC2(CC1)Oc1ccc(Cl)cc1C1CC(c3cccs3)=NN12.